The van der Waals surface area contributed by atoms with Gasteiger partial charge >= 0.3 is 11.9 Å². The number of alkyl halides is 1. The van der Waals surface area contributed by atoms with E-state index in [2.05, 4.69) is 0 Å². The molecule has 18 heavy (non-hydrogen) atoms. The normalized spacial score (nSPS) is 39.3. The van der Waals surface area contributed by atoms with Crippen LogP contribution in [0, 0.1) is 11.3 Å². The molecule has 0 spiro atoms. The monoisotopic (exact) mass is 254 g/mol. The molecular weight excluding hydrogens is 235 g/mol. The Balaban J connectivity index is 2.03. The van der Waals surface area contributed by atoms with E-state index in [1.807, 2.05) is 0 Å². The molecule has 1 aliphatic heterocycles. The fraction of sp³-hybridized carbons (Fsp3) is 0.857. The molecule has 2 saturated carbocycles. The van der Waals surface area contributed by atoms with Gasteiger partial charge in [0.25, 0.3) is 0 Å². The summed E-state index contributed by atoms with van der Waals surface area (Å²) in [4.78, 5) is 24.0. The zero-order valence-corrected chi connectivity index (χ0v) is 10.5. The molecule has 0 bridgehead atoms. The van der Waals surface area contributed by atoms with E-state index in [-0.39, 0.29) is 0 Å². The minimum absolute atomic E-state index is 0.409. The number of halogens is 1. The summed E-state index contributed by atoms with van der Waals surface area (Å²) in [5.41, 5.74) is -2.66. The lowest BCUT2D eigenvalue weighted by Crippen LogP contribution is -2.54. The van der Waals surface area contributed by atoms with Gasteiger partial charge in [0.1, 0.15) is 11.1 Å². The Labute approximate surface area is 106 Å². The van der Waals surface area contributed by atoms with Crippen molar-refractivity contribution in [3.8, 4) is 0 Å². The molecule has 3 rings (SSSR count). The number of hydrogen-bond donors (Lipinski definition) is 0. The molecule has 1 saturated heterocycles. The Morgan fingerprint density at radius 2 is 1.67 bits per heavy atom. The number of carbonyl (C=O) groups is 2. The van der Waals surface area contributed by atoms with Gasteiger partial charge in [0.05, 0.1) is 5.92 Å². The lowest BCUT2D eigenvalue weighted by molar-refractivity contribution is -0.163. The van der Waals surface area contributed by atoms with Crippen molar-refractivity contribution in [1.29, 1.82) is 0 Å². The minimum Gasteiger partial charge on any atom is -0.392 e. The van der Waals surface area contributed by atoms with Gasteiger partial charge in [-0.15, -0.1) is 0 Å². The molecule has 1 heterocycles. The maximum atomic E-state index is 15.4. The number of hydrogen-bond acceptors (Lipinski definition) is 3. The zero-order chi connectivity index (χ0) is 12.8. The SMILES string of the molecule is O=C1OC(=O)C2(C3(F)CCCCC3)CCCCC12. The van der Waals surface area contributed by atoms with Crippen LogP contribution in [-0.2, 0) is 14.3 Å². The topological polar surface area (TPSA) is 43.4 Å². The first-order chi connectivity index (χ1) is 8.60. The van der Waals surface area contributed by atoms with Crippen LogP contribution in [0.3, 0.4) is 0 Å². The molecule has 3 nitrogen and oxygen atoms in total. The summed E-state index contributed by atoms with van der Waals surface area (Å²) in [6.07, 6.45) is 6.27. The lowest BCUT2D eigenvalue weighted by Gasteiger charge is -2.46. The van der Waals surface area contributed by atoms with Crippen LogP contribution < -0.4 is 0 Å². The average molecular weight is 254 g/mol. The van der Waals surface area contributed by atoms with Crippen molar-refractivity contribution in [2.45, 2.75) is 63.5 Å². The molecule has 2 aliphatic carbocycles. The molecule has 0 aromatic carbocycles. The number of fused-ring (bicyclic) bond motifs is 1. The van der Waals surface area contributed by atoms with Gasteiger partial charge in [0.15, 0.2) is 0 Å². The van der Waals surface area contributed by atoms with Crippen LogP contribution in [0.2, 0.25) is 0 Å². The molecule has 0 aromatic heterocycles. The molecule has 2 atom stereocenters. The van der Waals surface area contributed by atoms with E-state index in [9.17, 15) is 9.59 Å². The highest BCUT2D eigenvalue weighted by Crippen LogP contribution is 2.59. The maximum Gasteiger partial charge on any atom is 0.323 e. The molecule has 3 aliphatic rings. The Kier molecular flexibility index (Phi) is 2.72. The van der Waals surface area contributed by atoms with Gasteiger partial charge in [0.2, 0.25) is 0 Å². The average Bonchev–Trinajstić information content (AvgIpc) is 2.64. The van der Waals surface area contributed by atoms with E-state index in [0.29, 0.717) is 25.7 Å². The highest BCUT2D eigenvalue weighted by molar-refractivity contribution is 6.00. The number of rotatable bonds is 1. The van der Waals surface area contributed by atoms with Gasteiger partial charge < -0.3 is 4.74 Å². The fourth-order valence-corrected chi connectivity index (χ4v) is 4.27. The standard InChI is InChI=1S/C14H19FO3/c15-13(7-3-1-4-8-13)14-9-5-2-6-10(14)11(16)18-12(14)17/h10H,1-9H2. The van der Waals surface area contributed by atoms with Crippen molar-refractivity contribution in [2.24, 2.45) is 11.3 Å². The summed E-state index contributed by atoms with van der Waals surface area (Å²) in [5, 5.41) is 0. The van der Waals surface area contributed by atoms with Crippen LogP contribution in [0.25, 0.3) is 0 Å². The molecule has 0 amide bonds. The fourth-order valence-electron chi connectivity index (χ4n) is 4.27. The first-order valence-corrected chi connectivity index (χ1v) is 7.05. The van der Waals surface area contributed by atoms with Crippen molar-refractivity contribution in [1.82, 2.24) is 0 Å². The van der Waals surface area contributed by atoms with Gasteiger partial charge in [-0.2, -0.15) is 0 Å². The predicted molar refractivity (Wildman–Crippen MR) is 62.4 cm³/mol. The molecule has 2 unspecified atom stereocenters. The van der Waals surface area contributed by atoms with Crippen molar-refractivity contribution in [2.75, 3.05) is 0 Å². The van der Waals surface area contributed by atoms with Crippen LogP contribution >= 0.6 is 0 Å². The number of carbonyl (C=O) groups excluding carboxylic acids is 2. The lowest BCUT2D eigenvalue weighted by atomic mass is 9.56. The summed E-state index contributed by atoms with van der Waals surface area (Å²) in [7, 11) is 0. The minimum atomic E-state index is -1.51. The van der Waals surface area contributed by atoms with Crippen molar-refractivity contribution >= 4 is 11.9 Å². The Bertz CT molecular complexity index is 387. The molecule has 3 fully saturated rings. The van der Waals surface area contributed by atoms with Crippen molar-refractivity contribution < 1.29 is 18.7 Å². The smallest absolute Gasteiger partial charge is 0.323 e. The molecule has 0 N–H and O–H groups in total. The van der Waals surface area contributed by atoms with Gasteiger partial charge in [-0.3, -0.25) is 9.59 Å². The van der Waals surface area contributed by atoms with Crippen molar-refractivity contribution in [3.05, 3.63) is 0 Å². The second kappa shape index (κ2) is 4.04. The van der Waals surface area contributed by atoms with Gasteiger partial charge in [-0.05, 0) is 25.7 Å². The third-order valence-corrected chi connectivity index (χ3v) is 5.20. The quantitative estimate of drug-likeness (QED) is 0.534. The second-order valence-electron chi connectivity index (χ2n) is 6.00. The first-order valence-electron chi connectivity index (χ1n) is 7.05. The van der Waals surface area contributed by atoms with E-state index in [1.54, 1.807) is 0 Å². The van der Waals surface area contributed by atoms with Crippen LogP contribution in [0.5, 0.6) is 0 Å². The molecule has 0 aromatic rings. The van der Waals surface area contributed by atoms with Crippen LogP contribution in [0.15, 0.2) is 0 Å². The summed E-state index contributed by atoms with van der Waals surface area (Å²) in [6.45, 7) is 0. The van der Waals surface area contributed by atoms with E-state index < -0.39 is 28.9 Å². The maximum absolute atomic E-state index is 15.4. The second-order valence-corrected chi connectivity index (χ2v) is 6.00. The zero-order valence-electron chi connectivity index (χ0n) is 10.5. The summed E-state index contributed by atoms with van der Waals surface area (Å²) in [6, 6.07) is 0. The van der Waals surface area contributed by atoms with Crippen molar-refractivity contribution in [3.63, 3.8) is 0 Å². The number of cyclic esters (lactones) is 2. The van der Waals surface area contributed by atoms with Crippen LogP contribution in [0.1, 0.15) is 57.8 Å². The molecular formula is C14H19FO3. The van der Waals surface area contributed by atoms with Gasteiger partial charge in [-0.1, -0.05) is 32.1 Å². The van der Waals surface area contributed by atoms with Gasteiger partial charge in [-0.25, -0.2) is 4.39 Å². The molecule has 100 valence electrons. The van der Waals surface area contributed by atoms with Crippen LogP contribution in [-0.4, -0.2) is 17.6 Å². The van der Waals surface area contributed by atoms with E-state index >= 15 is 4.39 Å². The highest BCUT2D eigenvalue weighted by atomic mass is 19.1. The summed E-state index contributed by atoms with van der Waals surface area (Å²) >= 11 is 0. The van der Waals surface area contributed by atoms with E-state index in [1.165, 1.54) is 0 Å². The number of esters is 2. The molecule has 0 radical (unpaired) electrons. The number of ether oxygens (including phenoxy) is 1. The van der Waals surface area contributed by atoms with Gasteiger partial charge in [0, 0.05) is 0 Å². The largest absolute Gasteiger partial charge is 0.392 e. The van der Waals surface area contributed by atoms with E-state index in [0.717, 1.165) is 32.1 Å². The molecule has 4 heteroatoms. The van der Waals surface area contributed by atoms with Crippen LogP contribution in [0.4, 0.5) is 4.39 Å². The predicted octanol–water partition coefficient (Wildman–Crippen LogP) is 2.92. The summed E-state index contributed by atoms with van der Waals surface area (Å²) < 4.78 is 20.2. The third kappa shape index (κ3) is 1.41. The third-order valence-electron chi connectivity index (χ3n) is 5.20. The highest BCUT2D eigenvalue weighted by Gasteiger charge is 2.69. The van der Waals surface area contributed by atoms with E-state index in [4.69, 9.17) is 4.74 Å². The Morgan fingerprint density at radius 3 is 2.39 bits per heavy atom. The summed E-state index contributed by atoms with van der Waals surface area (Å²) in [5.74, 6) is -1.59. The Morgan fingerprint density at radius 1 is 1.00 bits per heavy atom. The first kappa shape index (κ1) is 12.1. The Hall–Kier alpha value is -0.930.